The summed E-state index contributed by atoms with van der Waals surface area (Å²) in [6.07, 6.45) is -0.0984. The average Bonchev–Trinajstić information content (AvgIpc) is 3.58. The molecule has 2 atom stereocenters. The molecule has 5 aromatic carbocycles. The van der Waals surface area contributed by atoms with Gasteiger partial charge in [-0.05, 0) is 71.1 Å². The molecule has 1 aliphatic heterocycles. The number of aliphatic imine (C=N–C) groups is 1. The Kier molecular flexibility index (Phi) is 12.0. The third-order valence-corrected chi connectivity index (χ3v) is 11.0. The lowest BCUT2D eigenvalue weighted by Crippen LogP contribution is -2.53. The summed E-state index contributed by atoms with van der Waals surface area (Å²) in [5.41, 5.74) is 8.32. The van der Waals surface area contributed by atoms with Gasteiger partial charge in [-0.1, -0.05) is 103 Å². The third kappa shape index (κ3) is 8.71. The fourth-order valence-electron chi connectivity index (χ4n) is 6.04. The van der Waals surface area contributed by atoms with Crippen molar-refractivity contribution < 1.29 is 27.8 Å². The maximum absolute atomic E-state index is 14.5. The molecule has 268 valence electrons. The van der Waals surface area contributed by atoms with Crippen LogP contribution in [-0.2, 0) is 25.8 Å². The van der Waals surface area contributed by atoms with Crippen molar-refractivity contribution in [3.63, 3.8) is 0 Å². The number of carbonyl (C=O) groups excluding carboxylic acids is 1. The first kappa shape index (κ1) is 36.8. The number of rotatable bonds is 16. The van der Waals surface area contributed by atoms with Crippen molar-refractivity contribution in [1.82, 2.24) is 10.9 Å². The molecule has 0 spiro atoms. The highest BCUT2D eigenvalue weighted by Gasteiger charge is 2.53. The molecule has 0 aliphatic carbocycles. The molecule has 6 rings (SSSR count). The fourth-order valence-corrected chi connectivity index (χ4v) is 7.65. The van der Waals surface area contributed by atoms with E-state index in [0.717, 1.165) is 16.7 Å². The third-order valence-electron chi connectivity index (χ3n) is 8.88. The lowest BCUT2D eigenvalue weighted by Gasteiger charge is -2.30. The van der Waals surface area contributed by atoms with Crippen molar-refractivity contribution in [1.29, 1.82) is 0 Å². The molecule has 1 aliphatic rings. The second-order valence-electron chi connectivity index (χ2n) is 12.4. The second-order valence-corrected chi connectivity index (χ2v) is 14.9. The van der Waals surface area contributed by atoms with Gasteiger partial charge in [0.1, 0.15) is 5.75 Å². The number of amides is 1. The van der Waals surface area contributed by atoms with Crippen molar-refractivity contribution >= 4 is 33.2 Å². The van der Waals surface area contributed by atoms with E-state index >= 15 is 0 Å². The maximum Gasteiger partial charge on any atom is 0.266 e. The van der Waals surface area contributed by atoms with Crippen molar-refractivity contribution in [2.45, 2.75) is 35.8 Å². The number of hydrogen-bond acceptors (Lipinski definition) is 8. The van der Waals surface area contributed by atoms with E-state index in [-0.39, 0.29) is 29.6 Å². The van der Waals surface area contributed by atoms with Crippen molar-refractivity contribution in [3.05, 3.63) is 155 Å². The summed E-state index contributed by atoms with van der Waals surface area (Å²) in [6, 6.07) is 40.3. The van der Waals surface area contributed by atoms with Crippen LogP contribution in [0.2, 0.25) is 5.02 Å². The monoisotopic (exact) mass is 737 g/mol. The smallest absolute Gasteiger partial charge is 0.266 e. The first-order chi connectivity index (χ1) is 25.3. The van der Waals surface area contributed by atoms with Crippen LogP contribution in [0.15, 0.2) is 143 Å². The zero-order valence-electron chi connectivity index (χ0n) is 28.5. The molecule has 0 radical (unpaired) electrons. The van der Waals surface area contributed by atoms with Crippen LogP contribution in [0.5, 0.6) is 5.75 Å². The van der Waals surface area contributed by atoms with E-state index in [2.05, 4.69) is 10.9 Å². The number of ether oxygens (including phenoxy) is 2. The van der Waals surface area contributed by atoms with E-state index in [1.54, 1.807) is 54.6 Å². The minimum absolute atomic E-state index is 0.0233. The highest BCUT2D eigenvalue weighted by atomic mass is 35.5. The molecule has 0 aromatic heterocycles. The van der Waals surface area contributed by atoms with E-state index in [0.29, 0.717) is 47.9 Å². The summed E-state index contributed by atoms with van der Waals surface area (Å²) >= 11 is 6.35. The van der Waals surface area contributed by atoms with Crippen LogP contribution < -0.4 is 15.6 Å². The normalized spacial score (nSPS) is 16.9. The zero-order chi connectivity index (χ0) is 36.4. The molecule has 0 saturated heterocycles. The van der Waals surface area contributed by atoms with Gasteiger partial charge in [-0.2, -0.15) is 0 Å². The minimum atomic E-state index is -3.81. The van der Waals surface area contributed by atoms with E-state index in [1.165, 1.54) is 0 Å². The van der Waals surface area contributed by atoms with Crippen molar-refractivity contribution in [3.8, 4) is 16.9 Å². The molecule has 52 heavy (non-hydrogen) atoms. The summed E-state index contributed by atoms with van der Waals surface area (Å²) in [5, 5.41) is 9.74. The van der Waals surface area contributed by atoms with Crippen molar-refractivity contribution in [2.24, 2.45) is 4.99 Å². The van der Waals surface area contributed by atoms with E-state index in [9.17, 15) is 13.2 Å². The SMILES string of the molecule is O=C(NNCCc1ccccc1Cl)[C@@]1(CCS(=O)(=O)c2ccccc2)N=C(c2ccc(OCCCO)cc2)O[C@H]1c1ccc(-c2ccccc2)cc1. The molecule has 11 heteroatoms. The molecular weight excluding hydrogens is 698 g/mol. The molecule has 0 bridgehead atoms. The summed E-state index contributed by atoms with van der Waals surface area (Å²) in [6.45, 7) is 0.742. The number of halogens is 1. The number of aliphatic hydroxyl groups excluding tert-OH is 1. The Balaban J connectivity index is 1.35. The van der Waals surface area contributed by atoms with Crippen LogP contribution in [0.4, 0.5) is 0 Å². The molecule has 1 heterocycles. The van der Waals surface area contributed by atoms with Gasteiger partial charge in [0.25, 0.3) is 5.91 Å². The molecule has 0 saturated carbocycles. The largest absolute Gasteiger partial charge is 0.494 e. The van der Waals surface area contributed by atoms with Gasteiger partial charge in [-0.25, -0.2) is 18.8 Å². The molecule has 3 N–H and O–H groups in total. The minimum Gasteiger partial charge on any atom is -0.494 e. The van der Waals surface area contributed by atoms with Gasteiger partial charge in [0, 0.05) is 36.6 Å². The first-order valence-corrected chi connectivity index (χ1v) is 19.1. The van der Waals surface area contributed by atoms with E-state index in [1.807, 2.05) is 78.9 Å². The molecule has 0 fully saturated rings. The number of hydrogen-bond donors (Lipinski definition) is 3. The van der Waals surface area contributed by atoms with Crippen LogP contribution in [0.1, 0.15) is 35.6 Å². The Morgan fingerprint density at radius 1 is 0.827 bits per heavy atom. The lowest BCUT2D eigenvalue weighted by molar-refractivity contribution is -0.130. The summed E-state index contributed by atoms with van der Waals surface area (Å²) in [7, 11) is -3.81. The first-order valence-electron chi connectivity index (χ1n) is 17.1. The van der Waals surface area contributed by atoms with E-state index in [4.69, 9.17) is 31.2 Å². The summed E-state index contributed by atoms with van der Waals surface area (Å²) in [4.78, 5) is 19.7. The quantitative estimate of drug-likeness (QED) is 0.0756. The van der Waals surface area contributed by atoms with Crippen LogP contribution in [0.3, 0.4) is 0 Å². The molecule has 1 amide bonds. The highest BCUT2D eigenvalue weighted by molar-refractivity contribution is 7.91. The van der Waals surface area contributed by atoms with Crippen LogP contribution >= 0.6 is 11.6 Å². The topological polar surface area (TPSA) is 126 Å². The molecule has 0 unspecified atom stereocenters. The number of carbonyl (C=O) groups is 1. The highest BCUT2D eigenvalue weighted by Crippen LogP contribution is 2.43. The van der Waals surface area contributed by atoms with Gasteiger partial charge in [0.05, 0.1) is 17.3 Å². The Morgan fingerprint density at radius 3 is 2.15 bits per heavy atom. The van der Waals surface area contributed by atoms with Gasteiger partial charge < -0.3 is 14.6 Å². The maximum atomic E-state index is 14.5. The second kappa shape index (κ2) is 17.0. The summed E-state index contributed by atoms with van der Waals surface area (Å²) < 4.78 is 39.6. The van der Waals surface area contributed by atoms with Crippen LogP contribution in [0, 0.1) is 0 Å². The molecule has 5 aromatic rings. The number of nitrogens with zero attached hydrogens (tertiary/aromatic N) is 1. The Hall–Kier alpha value is -5.00. The van der Waals surface area contributed by atoms with Crippen molar-refractivity contribution in [2.75, 3.05) is 25.5 Å². The lowest BCUT2D eigenvalue weighted by atomic mass is 9.84. The van der Waals surface area contributed by atoms with Gasteiger partial charge in [-0.3, -0.25) is 10.2 Å². The number of sulfone groups is 1. The van der Waals surface area contributed by atoms with Gasteiger partial charge in [0.2, 0.25) is 5.90 Å². The summed E-state index contributed by atoms with van der Waals surface area (Å²) in [5.74, 6) is -0.0987. The Labute approximate surface area is 309 Å². The van der Waals surface area contributed by atoms with Gasteiger partial charge in [0.15, 0.2) is 21.5 Å². The van der Waals surface area contributed by atoms with Crippen LogP contribution in [-0.4, -0.2) is 56.4 Å². The number of nitrogens with one attached hydrogen (secondary N) is 2. The average molecular weight is 738 g/mol. The van der Waals surface area contributed by atoms with E-state index < -0.39 is 27.4 Å². The number of benzene rings is 5. The molecule has 9 nitrogen and oxygen atoms in total. The van der Waals surface area contributed by atoms with Gasteiger partial charge >= 0.3 is 0 Å². The number of hydrazine groups is 1. The zero-order valence-corrected chi connectivity index (χ0v) is 30.0. The predicted molar refractivity (Wildman–Crippen MR) is 203 cm³/mol. The van der Waals surface area contributed by atoms with Gasteiger partial charge in [-0.15, -0.1) is 0 Å². The predicted octanol–water partition coefficient (Wildman–Crippen LogP) is 6.75. The Morgan fingerprint density at radius 2 is 1.46 bits per heavy atom. The fraction of sp³-hybridized carbons (Fsp3) is 0.220. The number of aliphatic hydroxyl groups is 1. The van der Waals surface area contributed by atoms with Crippen LogP contribution in [0.25, 0.3) is 11.1 Å². The Bertz CT molecular complexity index is 2080. The molecular formula is C41H40ClN3O6S. The standard InChI is InChI=1S/C41H40ClN3O6S/c42-37-15-8-7-12-32(37)24-26-43-45-40(47)41(25-29-52(48,49)36-13-5-2-6-14-36)38(33-18-16-31(17-19-33)30-10-3-1-4-11-30)51-39(44-41)34-20-22-35(23-21-34)50-28-9-27-46/h1-8,10-23,38,43,46H,9,24-29H2,(H,45,47)/t38-,41-/m0/s1.